The van der Waals surface area contributed by atoms with E-state index < -0.39 is 5.60 Å². The zero-order valence-corrected chi connectivity index (χ0v) is 22.5. The molecule has 1 saturated heterocycles. The molecule has 6 nitrogen and oxygen atoms in total. The topological polar surface area (TPSA) is 62.7 Å². The smallest absolute Gasteiger partial charge is 0.273 e. The Morgan fingerprint density at radius 1 is 1.11 bits per heavy atom. The zero-order chi connectivity index (χ0) is 25.7. The predicted octanol–water partition coefficient (Wildman–Crippen LogP) is 6.02. The van der Waals surface area contributed by atoms with E-state index in [1.165, 1.54) is 11.3 Å². The summed E-state index contributed by atoms with van der Waals surface area (Å²) in [6, 6.07) is 17.2. The Morgan fingerprint density at radius 3 is 2.44 bits per heavy atom. The molecule has 1 aromatic heterocycles. The Kier molecular flexibility index (Phi) is 8.32. The van der Waals surface area contributed by atoms with Gasteiger partial charge < -0.3 is 14.5 Å². The fourth-order valence-electron chi connectivity index (χ4n) is 4.42. The van der Waals surface area contributed by atoms with Crippen LogP contribution in [0.25, 0.3) is 0 Å². The first-order valence-electron chi connectivity index (χ1n) is 12.3. The maximum atomic E-state index is 13.2. The minimum absolute atomic E-state index is 0.0464. The average molecular weight is 526 g/mol. The number of para-hydroxylation sites is 1. The molecule has 1 aliphatic rings. The number of rotatable bonds is 8. The second-order valence-electron chi connectivity index (χ2n) is 9.49. The molecule has 2 amide bonds. The highest BCUT2D eigenvalue weighted by Gasteiger charge is 2.37. The largest absolute Gasteiger partial charge is 0.476 e. The summed E-state index contributed by atoms with van der Waals surface area (Å²) in [5.41, 5.74) is 0.572. The van der Waals surface area contributed by atoms with Gasteiger partial charge in [0.05, 0.1) is 10.0 Å². The summed E-state index contributed by atoms with van der Waals surface area (Å²) in [5, 5.41) is 3.31. The molecule has 3 aromatic rings. The van der Waals surface area contributed by atoms with Crippen LogP contribution in [0.5, 0.6) is 5.75 Å². The van der Waals surface area contributed by atoms with E-state index in [2.05, 4.69) is 0 Å². The van der Waals surface area contributed by atoms with Crippen molar-refractivity contribution in [3.8, 4) is 5.75 Å². The van der Waals surface area contributed by atoms with Crippen LogP contribution in [-0.2, 0) is 11.3 Å². The monoisotopic (exact) mass is 525 g/mol. The number of amides is 2. The first-order chi connectivity index (χ1) is 17.3. The van der Waals surface area contributed by atoms with E-state index in [1.54, 1.807) is 26.0 Å². The zero-order valence-electron chi connectivity index (χ0n) is 20.9. The van der Waals surface area contributed by atoms with Gasteiger partial charge in [0, 0.05) is 37.5 Å². The Bertz CT molecular complexity index is 1190. The van der Waals surface area contributed by atoms with Gasteiger partial charge in [-0.1, -0.05) is 54.1 Å². The molecule has 2 heterocycles. The molecule has 36 heavy (non-hydrogen) atoms. The number of hydrogen-bond donors (Lipinski definition) is 0. The van der Waals surface area contributed by atoms with Crippen molar-refractivity contribution in [1.29, 1.82) is 0 Å². The van der Waals surface area contributed by atoms with Gasteiger partial charge in [-0.2, -0.15) is 0 Å². The maximum Gasteiger partial charge on any atom is 0.273 e. The van der Waals surface area contributed by atoms with Crippen molar-refractivity contribution in [2.45, 2.75) is 51.7 Å². The van der Waals surface area contributed by atoms with Gasteiger partial charge >= 0.3 is 0 Å². The molecule has 0 saturated carbocycles. The third kappa shape index (κ3) is 6.08. The Hall–Kier alpha value is -2.90. The highest BCUT2D eigenvalue weighted by Crippen LogP contribution is 2.33. The Balaban J connectivity index is 1.34. The van der Waals surface area contributed by atoms with Gasteiger partial charge in [0.25, 0.3) is 11.8 Å². The second kappa shape index (κ2) is 11.4. The van der Waals surface area contributed by atoms with Crippen molar-refractivity contribution >= 4 is 34.8 Å². The summed E-state index contributed by atoms with van der Waals surface area (Å²) in [6.07, 6.45) is 1.60. The summed E-state index contributed by atoms with van der Waals surface area (Å²) in [7, 11) is 0. The molecule has 190 valence electrons. The van der Waals surface area contributed by atoms with E-state index in [0.717, 1.165) is 23.4 Å². The van der Waals surface area contributed by atoms with Gasteiger partial charge in [0.1, 0.15) is 11.4 Å². The SMILES string of the molecule is CCN(Cc1ccccc1)C(=O)c1csc(C2CCN(C(=O)C(C)(C)Oc3ccccc3Cl)CC2)n1. The van der Waals surface area contributed by atoms with Crippen LogP contribution in [0.2, 0.25) is 5.02 Å². The molecule has 0 atom stereocenters. The highest BCUT2D eigenvalue weighted by atomic mass is 35.5. The molecule has 8 heteroatoms. The van der Waals surface area contributed by atoms with Gasteiger partial charge in [-0.05, 0) is 51.3 Å². The van der Waals surface area contributed by atoms with Crippen molar-refractivity contribution in [3.63, 3.8) is 0 Å². The molecule has 0 bridgehead atoms. The van der Waals surface area contributed by atoms with Crippen LogP contribution in [0, 0.1) is 0 Å². The molecule has 0 spiro atoms. The van der Waals surface area contributed by atoms with E-state index in [1.807, 2.05) is 64.6 Å². The number of benzene rings is 2. The van der Waals surface area contributed by atoms with E-state index in [-0.39, 0.29) is 17.7 Å². The fraction of sp³-hybridized carbons (Fsp3) is 0.393. The van der Waals surface area contributed by atoms with Crippen LogP contribution in [0.3, 0.4) is 0 Å². The molecule has 1 aliphatic heterocycles. The lowest BCUT2D eigenvalue weighted by atomic mass is 9.96. The Labute approximate surface area is 221 Å². The van der Waals surface area contributed by atoms with Gasteiger partial charge in [0.2, 0.25) is 0 Å². The summed E-state index contributed by atoms with van der Waals surface area (Å²) >= 11 is 7.75. The van der Waals surface area contributed by atoms with Gasteiger partial charge in [0.15, 0.2) is 5.60 Å². The lowest BCUT2D eigenvalue weighted by Gasteiger charge is -2.36. The number of piperidine rings is 1. The molecule has 0 aliphatic carbocycles. The maximum absolute atomic E-state index is 13.2. The summed E-state index contributed by atoms with van der Waals surface area (Å²) in [4.78, 5) is 34.7. The van der Waals surface area contributed by atoms with Crippen LogP contribution >= 0.6 is 22.9 Å². The number of halogens is 1. The molecule has 4 rings (SSSR count). The number of nitrogens with zero attached hydrogens (tertiary/aromatic N) is 3. The number of carbonyl (C=O) groups is 2. The summed E-state index contributed by atoms with van der Waals surface area (Å²) < 4.78 is 5.99. The molecule has 0 N–H and O–H groups in total. The van der Waals surface area contributed by atoms with Crippen LogP contribution in [0.15, 0.2) is 60.0 Å². The second-order valence-corrected chi connectivity index (χ2v) is 10.8. The fourth-order valence-corrected chi connectivity index (χ4v) is 5.56. The number of likely N-dealkylation sites (tertiary alicyclic amines) is 1. The van der Waals surface area contributed by atoms with Crippen LogP contribution in [-0.4, -0.2) is 51.8 Å². The minimum atomic E-state index is -1.03. The molecule has 0 unspecified atom stereocenters. The lowest BCUT2D eigenvalue weighted by molar-refractivity contribution is -0.146. The number of hydrogen-bond acceptors (Lipinski definition) is 5. The number of thiazole rings is 1. The van der Waals surface area contributed by atoms with Gasteiger partial charge in [-0.15, -0.1) is 11.3 Å². The molecular weight excluding hydrogens is 494 g/mol. The third-order valence-electron chi connectivity index (χ3n) is 6.47. The van der Waals surface area contributed by atoms with Crippen LogP contribution in [0.1, 0.15) is 60.6 Å². The average Bonchev–Trinajstić information content (AvgIpc) is 3.39. The van der Waals surface area contributed by atoms with Crippen LogP contribution < -0.4 is 4.74 Å². The summed E-state index contributed by atoms with van der Waals surface area (Å²) in [5.74, 6) is 0.628. The normalized spacial score (nSPS) is 14.5. The number of carbonyl (C=O) groups excluding carboxylic acids is 2. The summed E-state index contributed by atoms with van der Waals surface area (Å²) in [6.45, 7) is 7.96. The van der Waals surface area contributed by atoms with Crippen LogP contribution in [0.4, 0.5) is 0 Å². The molecule has 2 aromatic carbocycles. The van der Waals surface area contributed by atoms with E-state index in [4.69, 9.17) is 21.3 Å². The van der Waals surface area contributed by atoms with E-state index in [0.29, 0.717) is 42.6 Å². The van der Waals surface area contributed by atoms with Crippen molar-refractivity contribution < 1.29 is 14.3 Å². The van der Waals surface area contributed by atoms with Crippen molar-refractivity contribution in [1.82, 2.24) is 14.8 Å². The first kappa shape index (κ1) is 26.2. The lowest BCUT2D eigenvalue weighted by Crippen LogP contribution is -2.51. The molecular formula is C28H32ClN3O3S. The minimum Gasteiger partial charge on any atom is -0.476 e. The number of aromatic nitrogens is 1. The van der Waals surface area contributed by atoms with Crippen molar-refractivity contribution in [3.05, 3.63) is 81.3 Å². The Morgan fingerprint density at radius 2 is 1.78 bits per heavy atom. The highest BCUT2D eigenvalue weighted by molar-refractivity contribution is 7.09. The number of ether oxygens (including phenoxy) is 1. The first-order valence-corrected chi connectivity index (χ1v) is 13.6. The van der Waals surface area contributed by atoms with Gasteiger partial charge in [-0.25, -0.2) is 4.98 Å². The standard InChI is InChI=1S/C28H32ClN3O3S/c1-4-31(18-20-10-6-5-7-11-20)26(33)23-19-36-25(30-23)21-14-16-32(17-15-21)27(34)28(2,3)35-24-13-9-8-12-22(24)29/h5-13,19,21H,4,14-18H2,1-3H3. The predicted molar refractivity (Wildman–Crippen MR) is 144 cm³/mol. The van der Waals surface area contributed by atoms with E-state index in [9.17, 15) is 9.59 Å². The van der Waals surface area contributed by atoms with Gasteiger partial charge in [-0.3, -0.25) is 9.59 Å². The molecule has 1 fully saturated rings. The van der Waals surface area contributed by atoms with Crippen molar-refractivity contribution in [2.75, 3.05) is 19.6 Å². The molecule has 0 radical (unpaired) electrons. The third-order valence-corrected chi connectivity index (χ3v) is 7.79. The van der Waals surface area contributed by atoms with E-state index >= 15 is 0 Å². The van der Waals surface area contributed by atoms with Crippen molar-refractivity contribution in [2.24, 2.45) is 0 Å². The quantitative estimate of drug-likeness (QED) is 0.360.